The van der Waals surface area contributed by atoms with Crippen molar-refractivity contribution in [2.24, 2.45) is 0 Å². The molecule has 0 radical (unpaired) electrons. The zero-order valence-corrected chi connectivity index (χ0v) is 15.0. The molecule has 0 aliphatic carbocycles. The number of fused-ring (bicyclic) bond motifs is 2. The molecule has 0 aliphatic rings. The Bertz CT molecular complexity index is 934. The summed E-state index contributed by atoms with van der Waals surface area (Å²) >= 11 is 10.8. The highest BCUT2D eigenvalue weighted by molar-refractivity contribution is 9.11. The number of benzene rings is 2. The van der Waals surface area contributed by atoms with Crippen LogP contribution in [0, 0.1) is 0 Å². The zero-order valence-electron chi connectivity index (χ0n) is 10.2. The van der Waals surface area contributed by atoms with Gasteiger partial charge in [0.15, 0.2) is 0 Å². The van der Waals surface area contributed by atoms with E-state index in [-0.39, 0.29) is 0 Å². The fourth-order valence-electron chi connectivity index (χ4n) is 2.53. The highest BCUT2D eigenvalue weighted by Crippen LogP contribution is 2.44. The van der Waals surface area contributed by atoms with E-state index >= 15 is 0 Å². The average molecular weight is 424 g/mol. The standard InChI is InChI=1S/C16H8Br2S2/c17-14-6-5-12(19-14)16-10-4-2-1-3-9(10)7-13-11(16)8-15(18)20-13/h1-8H. The van der Waals surface area contributed by atoms with E-state index < -0.39 is 0 Å². The lowest BCUT2D eigenvalue weighted by molar-refractivity contribution is 1.80. The van der Waals surface area contributed by atoms with Crippen LogP contribution >= 0.6 is 54.5 Å². The maximum atomic E-state index is 3.62. The maximum absolute atomic E-state index is 3.62. The molecule has 0 N–H and O–H groups in total. The summed E-state index contributed by atoms with van der Waals surface area (Å²) in [6.45, 7) is 0. The van der Waals surface area contributed by atoms with E-state index in [2.05, 4.69) is 80.4 Å². The molecule has 0 saturated carbocycles. The summed E-state index contributed by atoms with van der Waals surface area (Å²) in [4.78, 5) is 1.31. The molecule has 0 fully saturated rings. The topological polar surface area (TPSA) is 0 Å². The van der Waals surface area contributed by atoms with Gasteiger partial charge in [-0.2, -0.15) is 0 Å². The summed E-state index contributed by atoms with van der Waals surface area (Å²) < 4.78 is 3.68. The Morgan fingerprint density at radius 1 is 0.750 bits per heavy atom. The molecule has 0 atom stereocenters. The fraction of sp³-hybridized carbons (Fsp3) is 0. The molecule has 0 unspecified atom stereocenters. The van der Waals surface area contributed by atoms with Crippen molar-refractivity contribution in [1.82, 2.24) is 0 Å². The SMILES string of the molecule is Brc1ccc(-c2c3ccccc3cc3sc(Br)cc23)s1. The van der Waals surface area contributed by atoms with Crippen molar-refractivity contribution in [1.29, 1.82) is 0 Å². The Morgan fingerprint density at radius 3 is 2.40 bits per heavy atom. The number of hydrogen-bond donors (Lipinski definition) is 0. The van der Waals surface area contributed by atoms with Gasteiger partial charge in [-0.1, -0.05) is 24.3 Å². The molecule has 0 aliphatic heterocycles. The molecule has 4 rings (SSSR count). The van der Waals surface area contributed by atoms with Crippen LogP contribution in [-0.2, 0) is 0 Å². The van der Waals surface area contributed by atoms with Gasteiger partial charge in [0.1, 0.15) is 0 Å². The first-order valence-electron chi connectivity index (χ1n) is 6.09. The molecule has 4 heteroatoms. The number of thiophene rings is 2. The molecule has 98 valence electrons. The molecular weight excluding hydrogens is 416 g/mol. The van der Waals surface area contributed by atoms with Crippen molar-refractivity contribution >= 4 is 75.4 Å². The monoisotopic (exact) mass is 422 g/mol. The van der Waals surface area contributed by atoms with Gasteiger partial charge in [0.2, 0.25) is 0 Å². The molecule has 2 heterocycles. The predicted octanol–water partition coefficient (Wildman–Crippen LogP) is 7.31. The maximum Gasteiger partial charge on any atom is 0.0711 e. The van der Waals surface area contributed by atoms with E-state index in [1.54, 1.807) is 22.7 Å². The lowest BCUT2D eigenvalue weighted by Crippen LogP contribution is -1.79. The molecule has 0 bridgehead atoms. The highest BCUT2D eigenvalue weighted by atomic mass is 79.9. The predicted molar refractivity (Wildman–Crippen MR) is 98.0 cm³/mol. The molecular formula is C16H8Br2S2. The first-order valence-corrected chi connectivity index (χ1v) is 9.31. The summed E-state index contributed by atoms with van der Waals surface area (Å²) in [5.74, 6) is 0. The first-order chi connectivity index (χ1) is 9.72. The van der Waals surface area contributed by atoms with Gasteiger partial charge in [-0.25, -0.2) is 0 Å². The van der Waals surface area contributed by atoms with Crippen molar-refractivity contribution in [2.75, 3.05) is 0 Å². The van der Waals surface area contributed by atoms with Crippen molar-refractivity contribution in [2.45, 2.75) is 0 Å². The largest absolute Gasteiger partial charge is 0.128 e. The van der Waals surface area contributed by atoms with E-state index in [9.17, 15) is 0 Å². The van der Waals surface area contributed by atoms with Gasteiger partial charge in [-0.05, 0) is 66.9 Å². The van der Waals surface area contributed by atoms with Crippen molar-refractivity contribution in [3.05, 3.63) is 56.1 Å². The van der Waals surface area contributed by atoms with Crippen LogP contribution in [0.3, 0.4) is 0 Å². The minimum absolute atomic E-state index is 1.17. The number of hydrogen-bond acceptors (Lipinski definition) is 2. The number of rotatable bonds is 1. The third-order valence-corrected chi connectivity index (χ3v) is 6.56. The molecule has 2 aromatic carbocycles. The van der Waals surface area contributed by atoms with Crippen LogP contribution < -0.4 is 0 Å². The van der Waals surface area contributed by atoms with E-state index in [0.717, 1.165) is 0 Å². The molecule has 0 saturated heterocycles. The van der Waals surface area contributed by atoms with Crippen LogP contribution in [0.15, 0.2) is 56.1 Å². The van der Waals surface area contributed by atoms with E-state index in [1.165, 1.54) is 38.9 Å². The smallest absolute Gasteiger partial charge is 0.0711 e. The van der Waals surface area contributed by atoms with Crippen LogP contribution in [0.2, 0.25) is 0 Å². The van der Waals surface area contributed by atoms with Crippen LogP contribution in [0.4, 0.5) is 0 Å². The Morgan fingerprint density at radius 2 is 1.60 bits per heavy atom. The molecule has 0 amide bonds. The second-order valence-electron chi connectivity index (χ2n) is 4.54. The van der Waals surface area contributed by atoms with Crippen molar-refractivity contribution < 1.29 is 0 Å². The molecule has 0 spiro atoms. The minimum atomic E-state index is 1.17. The number of halogens is 2. The summed E-state index contributed by atoms with van der Waals surface area (Å²) in [5.41, 5.74) is 1.34. The van der Waals surface area contributed by atoms with Crippen molar-refractivity contribution in [3.8, 4) is 10.4 Å². The fourth-order valence-corrected chi connectivity index (χ4v) is 5.58. The Balaban J connectivity index is 2.22. The van der Waals surface area contributed by atoms with Crippen LogP contribution in [0.25, 0.3) is 31.3 Å². The van der Waals surface area contributed by atoms with Gasteiger partial charge < -0.3 is 0 Å². The molecule has 0 nitrogen and oxygen atoms in total. The first kappa shape index (κ1) is 13.0. The van der Waals surface area contributed by atoms with Crippen LogP contribution in [0.1, 0.15) is 0 Å². The molecule has 4 aromatic rings. The summed E-state index contributed by atoms with van der Waals surface area (Å²) in [6.07, 6.45) is 0. The van der Waals surface area contributed by atoms with E-state index in [1.807, 2.05) is 0 Å². The lowest BCUT2D eigenvalue weighted by atomic mass is 10.00. The van der Waals surface area contributed by atoms with E-state index in [4.69, 9.17) is 0 Å². The van der Waals surface area contributed by atoms with Gasteiger partial charge in [-0.3, -0.25) is 0 Å². The second-order valence-corrected chi connectivity index (χ2v) is 9.46. The van der Waals surface area contributed by atoms with E-state index in [0.29, 0.717) is 0 Å². The zero-order chi connectivity index (χ0) is 13.7. The van der Waals surface area contributed by atoms with Gasteiger partial charge in [0, 0.05) is 20.5 Å². The van der Waals surface area contributed by atoms with Crippen LogP contribution in [-0.4, -0.2) is 0 Å². The second kappa shape index (κ2) is 4.95. The Hall–Kier alpha value is -0.680. The summed E-state index contributed by atoms with van der Waals surface area (Å²) in [5, 5.41) is 3.95. The molecule has 20 heavy (non-hydrogen) atoms. The highest BCUT2D eigenvalue weighted by Gasteiger charge is 2.13. The van der Waals surface area contributed by atoms with Crippen molar-refractivity contribution in [3.63, 3.8) is 0 Å². The van der Waals surface area contributed by atoms with Gasteiger partial charge >= 0.3 is 0 Å². The quantitative estimate of drug-likeness (QED) is 0.301. The average Bonchev–Trinajstić information content (AvgIpc) is 3.00. The van der Waals surface area contributed by atoms with Gasteiger partial charge in [-0.15, -0.1) is 22.7 Å². The van der Waals surface area contributed by atoms with Gasteiger partial charge in [0.25, 0.3) is 0 Å². The van der Waals surface area contributed by atoms with Gasteiger partial charge in [0.05, 0.1) is 7.57 Å². The Labute approximate surface area is 141 Å². The normalized spacial score (nSPS) is 11.5. The molecule has 2 aromatic heterocycles. The minimum Gasteiger partial charge on any atom is -0.128 e. The van der Waals surface area contributed by atoms with Crippen LogP contribution in [0.5, 0.6) is 0 Å². The third-order valence-electron chi connectivity index (χ3n) is 3.34. The summed E-state index contributed by atoms with van der Waals surface area (Å²) in [6, 6.07) is 17.4. The lowest BCUT2D eigenvalue weighted by Gasteiger charge is -2.07. The summed E-state index contributed by atoms with van der Waals surface area (Å²) in [7, 11) is 0. The Kier molecular flexibility index (Phi) is 3.22. The third kappa shape index (κ3) is 2.06.